The Morgan fingerprint density at radius 2 is 2.00 bits per heavy atom. The molecule has 1 N–H and O–H groups in total. The topological polar surface area (TPSA) is 56.6 Å². The third-order valence-electron chi connectivity index (χ3n) is 2.25. The summed E-state index contributed by atoms with van der Waals surface area (Å²) in [6.07, 6.45) is 2.74. The van der Waals surface area contributed by atoms with Gasteiger partial charge in [-0.05, 0) is 12.2 Å². The molecule has 2 aliphatic heterocycles. The van der Waals surface area contributed by atoms with Crippen molar-refractivity contribution in [2.24, 2.45) is 0 Å². The second-order valence-electron chi connectivity index (χ2n) is 3.51. The van der Waals surface area contributed by atoms with Gasteiger partial charge in [0.1, 0.15) is 0 Å². The number of hydrogen-bond acceptors (Lipinski definition) is 5. The first-order chi connectivity index (χ1) is 8.39. The van der Waals surface area contributed by atoms with E-state index in [9.17, 15) is 18.0 Å². The Labute approximate surface area is 99.9 Å². The summed E-state index contributed by atoms with van der Waals surface area (Å²) in [5, 5.41) is 8.36. The van der Waals surface area contributed by atoms with Crippen LogP contribution in [0.2, 0.25) is 0 Å². The predicted molar refractivity (Wildman–Crippen MR) is 54.8 cm³/mol. The molecule has 5 nitrogen and oxygen atoms in total. The number of halogens is 3. The number of carbonyl (C=O) groups excluding carboxylic acids is 1. The minimum atomic E-state index is -5.07. The Kier molecular flexibility index (Phi) is 2.85. The monoisotopic (exact) mass is 259 g/mol. The quantitative estimate of drug-likeness (QED) is 0.775. The first-order valence-corrected chi connectivity index (χ1v) is 4.86. The maximum Gasteiger partial charge on any atom is 0.493 e. The SMILES string of the molecule is N=C1C=CC=CN2C=CN(OC(=O)C(F)(F)F)C12. The van der Waals surface area contributed by atoms with Crippen LogP contribution in [0.3, 0.4) is 0 Å². The van der Waals surface area contributed by atoms with Crippen LogP contribution >= 0.6 is 0 Å². The van der Waals surface area contributed by atoms with Crippen LogP contribution in [0, 0.1) is 5.41 Å². The minimum Gasteiger partial charge on any atom is -0.330 e. The molecule has 0 fully saturated rings. The molecule has 0 aromatic rings. The molecule has 0 bridgehead atoms. The summed E-state index contributed by atoms with van der Waals surface area (Å²) < 4.78 is 36.3. The van der Waals surface area contributed by atoms with E-state index < -0.39 is 18.3 Å². The first-order valence-electron chi connectivity index (χ1n) is 4.86. The van der Waals surface area contributed by atoms with Gasteiger partial charge in [0.25, 0.3) is 0 Å². The Balaban J connectivity index is 2.14. The Morgan fingerprint density at radius 3 is 2.67 bits per heavy atom. The third-order valence-corrected chi connectivity index (χ3v) is 2.25. The van der Waals surface area contributed by atoms with Crippen LogP contribution < -0.4 is 0 Å². The van der Waals surface area contributed by atoms with E-state index in [2.05, 4.69) is 4.84 Å². The lowest BCUT2D eigenvalue weighted by molar-refractivity contribution is -0.233. The van der Waals surface area contributed by atoms with E-state index in [4.69, 9.17) is 5.41 Å². The van der Waals surface area contributed by atoms with Gasteiger partial charge in [-0.15, -0.1) is 0 Å². The molecular formula is C10H8F3N3O2. The summed E-state index contributed by atoms with van der Waals surface area (Å²) in [5.41, 5.74) is -0.0000236. The number of carbonyl (C=O) groups is 1. The fourth-order valence-corrected chi connectivity index (χ4v) is 1.49. The van der Waals surface area contributed by atoms with E-state index in [0.717, 1.165) is 6.20 Å². The maximum absolute atomic E-state index is 12.1. The van der Waals surface area contributed by atoms with Gasteiger partial charge in [0.15, 0.2) is 6.17 Å². The van der Waals surface area contributed by atoms with Gasteiger partial charge in [-0.3, -0.25) is 0 Å². The number of allylic oxidation sites excluding steroid dienone is 2. The highest BCUT2D eigenvalue weighted by molar-refractivity contribution is 5.97. The summed E-state index contributed by atoms with van der Waals surface area (Å²) in [6, 6.07) is 0. The summed E-state index contributed by atoms with van der Waals surface area (Å²) in [7, 11) is 0. The first kappa shape index (κ1) is 12.2. The maximum atomic E-state index is 12.1. The zero-order valence-corrected chi connectivity index (χ0v) is 8.89. The largest absolute Gasteiger partial charge is 0.493 e. The van der Waals surface area contributed by atoms with Gasteiger partial charge in [-0.25, -0.2) is 4.79 Å². The van der Waals surface area contributed by atoms with Gasteiger partial charge in [-0.1, -0.05) is 6.08 Å². The van der Waals surface area contributed by atoms with Crippen LogP contribution in [0.15, 0.2) is 36.8 Å². The number of alkyl halides is 3. The van der Waals surface area contributed by atoms with Crippen molar-refractivity contribution < 1.29 is 22.8 Å². The lowest BCUT2D eigenvalue weighted by Crippen LogP contribution is -2.44. The fourth-order valence-electron chi connectivity index (χ4n) is 1.49. The lowest BCUT2D eigenvalue weighted by atomic mass is 10.3. The molecule has 0 aliphatic carbocycles. The molecule has 0 aromatic heterocycles. The number of nitrogens with zero attached hydrogens (tertiary/aromatic N) is 2. The average Bonchev–Trinajstić information content (AvgIpc) is 2.56. The van der Waals surface area contributed by atoms with Crippen LogP contribution in [-0.4, -0.2) is 34.0 Å². The lowest BCUT2D eigenvalue weighted by Gasteiger charge is -2.27. The predicted octanol–water partition coefficient (Wildman–Crippen LogP) is 1.53. The molecule has 2 heterocycles. The molecule has 8 heteroatoms. The highest BCUT2D eigenvalue weighted by Crippen LogP contribution is 2.24. The molecular weight excluding hydrogens is 251 g/mol. The molecule has 18 heavy (non-hydrogen) atoms. The second kappa shape index (κ2) is 4.21. The summed E-state index contributed by atoms with van der Waals surface area (Å²) in [5.74, 6) is -2.32. The van der Waals surface area contributed by atoms with Crippen molar-refractivity contribution in [3.63, 3.8) is 0 Å². The Morgan fingerprint density at radius 1 is 1.28 bits per heavy atom. The summed E-state index contributed by atoms with van der Waals surface area (Å²) in [6.45, 7) is 0. The van der Waals surface area contributed by atoms with Gasteiger partial charge in [0.05, 0.1) is 11.9 Å². The van der Waals surface area contributed by atoms with Gasteiger partial charge >= 0.3 is 12.1 Å². The highest BCUT2D eigenvalue weighted by atomic mass is 19.4. The van der Waals surface area contributed by atoms with Crippen molar-refractivity contribution in [2.75, 3.05) is 0 Å². The molecule has 0 saturated carbocycles. The van der Waals surface area contributed by atoms with Crippen molar-refractivity contribution >= 4 is 11.7 Å². The van der Waals surface area contributed by atoms with Gasteiger partial charge < -0.3 is 15.1 Å². The third kappa shape index (κ3) is 2.22. The van der Waals surface area contributed by atoms with Gasteiger partial charge in [0.2, 0.25) is 0 Å². The fraction of sp³-hybridized carbons (Fsp3) is 0.200. The number of rotatable bonds is 1. The van der Waals surface area contributed by atoms with Crippen molar-refractivity contribution in [3.05, 3.63) is 36.8 Å². The number of fused-ring (bicyclic) bond motifs is 1. The summed E-state index contributed by atoms with van der Waals surface area (Å²) >= 11 is 0. The van der Waals surface area contributed by atoms with Gasteiger partial charge in [-0.2, -0.15) is 18.2 Å². The smallest absolute Gasteiger partial charge is 0.330 e. The Hall–Kier alpha value is -2.25. The number of hydrogen-bond donors (Lipinski definition) is 1. The zero-order valence-electron chi connectivity index (χ0n) is 8.89. The van der Waals surface area contributed by atoms with E-state index in [-0.39, 0.29) is 5.71 Å². The Bertz CT molecular complexity index is 467. The molecule has 0 spiro atoms. The molecule has 96 valence electrons. The molecule has 2 aliphatic rings. The summed E-state index contributed by atoms with van der Waals surface area (Å²) in [4.78, 5) is 16.4. The van der Waals surface area contributed by atoms with Crippen LogP contribution in [0.4, 0.5) is 13.2 Å². The van der Waals surface area contributed by atoms with Crippen LogP contribution in [-0.2, 0) is 9.63 Å². The molecule has 2 rings (SSSR count). The van der Waals surface area contributed by atoms with Crippen molar-refractivity contribution in [3.8, 4) is 0 Å². The van der Waals surface area contributed by atoms with Crippen LogP contribution in [0.5, 0.6) is 0 Å². The second-order valence-corrected chi connectivity index (χ2v) is 3.51. The zero-order chi connectivity index (χ0) is 13.3. The molecule has 0 aromatic carbocycles. The number of nitrogens with one attached hydrogen (secondary N) is 1. The van der Waals surface area contributed by atoms with E-state index in [1.807, 2.05) is 0 Å². The highest BCUT2D eigenvalue weighted by Gasteiger charge is 2.44. The van der Waals surface area contributed by atoms with E-state index in [1.165, 1.54) is 17.2 Å². The van der Waals surface area contributed by atoms with Gasteiger partial charge in [0, 0.05) is 12.4 Å². The molecule has 1 unspecified atom stereocenters. The van der Waals surface area contributed by atoms with E-state index in [1.54, 1.807) is 18.4 Å². The molecule has 0 amide bonds. The average molecular weight is 259 g/mol. The van der Waals surface area contributed by atoms with E-state index >= 15 is 0 Å². The van der Waals surface area contributed by atoms with Crippen molar-refractivity contribution in [2.45, 2.75) is 12.3 Å². The van der Waals surface area contributed by atoms with E-state index in [0.29, 0.717) is 5.06 Å². The van der Waals surface area contributed by atoms with Crippen molar-refractivity contribution in [1.29, 1.82) is 5.41 Å². The molecule has 1 atom stereocenters. The molecule has 0 saturated heterocycles. The normalized spacial score (nSPS) is 22.2. The minimum absolute atomic E-state index is 0.0000236. The van der Waals surface area contributed by atoms with Crippen molar-refractivity contribution in [1.82, 2.24) is 9.96 Å². The van der Waals surface area contributed by atoms with Crippen LogP contribution in [0.25, 0.3) is 0 Å². The molecule has 0 radical (unpaired) electrons. The van der Waals surface area contributed by atoms with Crippen LogP contribution in [0.1, 0.15) is 0 Å². The standard InChI is InChI=1S/C10H8F3N3O2/c11-10(12,13)9(17)18-16-6-5-15-4-2-1-3-7(14)8(15)16/h1-6,8,14H. The number of hydroxylamine groups is 2.